The Morgan fingerprint density at radius 1 is 1.27 bits per heavy atom. The summed E-state index contributed by atoms with van der Waals surface area (Å²) in [4.78, 5) is 11.2. The molecule has 4 nitrogen and oxygen atoms in total. The number of rotatable bonds is 4. The van der Waals surface area contributed by atoms with Crippen molar-refractivity contribution < 1.29 is 13.2 Å². The number of hydrogen-bond donors (Lipinski definition) is 1. The maximum absolute atomic E-state index is 11.1. The molecule has 0 spiro atoms. The molecule has 0 aromatic heterocycles. The van der Waals surface area contributed by atoms with Crippen LogP contribution in [0.25, 0.3) is 0 Å². The monoisotopic (exact) mass is 227 g/mol. The first kappa shape index (κ1) is 11.9. The van der Waals surface area contributed by atoms with Gasteiger partial charge in [0.2, 0.25) is 10.0 Å². The van der Waals surface area contributed by atoms with Gasteiger partial charge in [0.05, 0.1) is 4.90 Å². The van der Waals surface area contributed by atoms with E-state index in [1.807, 2.05) is 0 Å². The molecule has 1 rings (SSSR count). The number of hydrogen-bond acceptors (Lipinski definition) is 3. The second kappa shape index (κ2) is 4.55. The molecule has 0 heterocycles. The fourth-order valence-electron chi connectivity index (χ4n) is 1.15. The summed E-state index contributed by atoms with van der Waals surface area (Å²) in [6.45, 7) is 1.79. The smallest absolute Gasteiger partial charge is 0.238 e. The summed E-state index contributed by atoms with van der Waals surface area (Å²) in [5.41, 5.74) is 0.800. The van der Waals surface area contributed by atoms with Gasteiger partial charge >= 0.3 is 0 Å². The Hall–Kier alpha value is -1.20. The van der Waals surface area contributed by atoms with Crippen LogP contribution >= 0.6 is 0 Å². The van der Waals surface area contributed by atoms with Crippen molar-refractivity contribution >= 4 is 15.8 Å². The maximum Gasteiger partial charge on any atom is 0.238 e. The Labute approximate surface area is 89.2 Å². The van der Waals surface area contributed by atoms with E-state index in [1.165, 1.54) is 12.1 Å². The van der Waals surface area contributed by atoms with Crippen LogP contribution in [0.3, 0.4) is 0 Å². The molecule has 0 atom stereocenters. The van der Waals surface area contributed by atoms with Gasteiger partial charge in [-0.05, 0) is 17.7 Å². The molecule has 0 saturated carbocycles. The van der Waals surface area contributed by atoms with Gasteiger partial charge in [0.1, 0.15) is 5.78 Å². The Bertz CT molecular complexity index is 448. The van der Waals surface area contributed by atoms with E-state index >= 15 is 0 Å². The van der Waals surface area contributed by atoms with E-state index in [1.54, 1.807) is 19.1 Å². The zero-order chi connectivity index (χ0) is 11.5. The third kappa shape index (κ3) is 3.45. The number of Topliss-reactive ketones (excluding diaryl/α,β-unsaturated/α-hetero) is 1. The van der Waals surface area contributed by atoms with E-state index in [9.17, 15) is 13.2 Å². The number of carbonyl (C=O) groups is 1. The number of carbonyl (C=O) groups excluding carboxylic acids is 1. The van der Waals surface area contributed by atoms with Crippen LogP contribution < -0.4 is 5.14 Å². The summed E-state index contributed by atoms with van der Waals surface area (Å²) in [6.07, 6.45) is 0.818. The molecule has 0 radical (unpaired) electrons. The van der Waals surface area contributed by atoms with Gasteiger partial charge < -0.3 is 0 Å². The minimum Gasteiger partial charge on any atom is -0.299 e. The standard InChI is InChI=1S/C10H13NO3S/c1-2-9(12)7-8-3-5-10(6-4-8)15(11,13)14/h3-6H,2,7H2,1H3,(H2,11,13,14). The summed E-state index contributed by atoms with van der Waals surface area (Å²) in [5, 5.41) is 4.94. The normalized spacial score (nSPS) is 11.3. The van der Waals surface area contributed by atoms with E-state index in [0.29, 0.717) is 12.8 Å². The highest BCUT2D eigenvalue weighted by molar-refractivity contribution is 7.89. The molecule has 15 heavy (non-hydrogen) atoms. The van der Waals surface area contributed by atoms with E-state index in [0.717, 1.165) is 5.56 Å². The van der Waals surface area contributed by atoms with Gasteiger partial charge in [-0.1, -0.05) is 19.1 Å². The number of ketones is 1. The van der Waals surface area contributed by atoms with E-state index in [2.05, 4.69) is 0 Å². The highest BCUT2D eigenvalue weighted by atomic mass is 32.2. The predicted octanol–water partition coefficient (Wildman–Crippen LogP) is 0.856. The first-order chi connectivity index (χ1) is 6.93. The first-order valence-electron chi connectivity index (χ1n) is 4.57. The van der Waals surface area contributed by atoms with Crippen LogP contribution in [-0.4, -0.2) is 14.2 Å². The average molecular weight is 227 g/mol. The quantitative estimate of drug-likeness (QED) is 0.828. The van der Waals surface area contributed by atoms with Crippen LogP contribution in [0.4, 0.5) is 0 Å². The highest BCUT2D eigenvalue weighted by Crippen LogP contribution is 2.09. The minimum absolute atomic E-state index is 0.0650. The molecule has 2 N–H and O–H groups in total. The zero-order valence-electron chi connectivity index (χ0n) is 8.43. The molecule has 5 heteroatoms. The zero-order valence-corrected chi connectivity index (χ0v) is 9.25. The van der Waals surface area contributed by atoms with Gasteiger partial charge in [0.15, 0.2) is 0 Å². The second-order valence-corrected chi connectivity index (χ2v) is 4.82. The molecule has 0 aliphatic carbocycles. The number of sulfonamides is 1. The Morgan fingerprint density at radius 3 is 2.20 bits per heavy atom. The van der Waals surface area contributed by atoms with Crippen molar-refractivity contribution in [3.8, 4) is 0 Å². The summed E-state index contributed by atoms with van der Waals surface area (Å²) >= 11 is 0. The Morgan fingerprint density at radius 2 is 1.80 bits per heavy atom. The predicted molar refractivity (Wildman–Crippen MR) is 56.8 cm³/mol. The first-order valence-corrected chi connectivity index (χ1v) is 6.11. The molecule has 0 unspecified atom stereocenters. The number of benzene rings is 1. The lowest BCUT2D eigenvalue weighted by molar-refractivity contribution is -0.118. The van der Waals surface area contributed by atoms with Gasteiger partial charge in [-0.3, -0.25) is 4.79 Å². The third-order valence-corrected chi connectivity index (χ3v) is 2.98. The number of nitrogens with two attached hydrogens (primary N) is 1. The van der Waals surface area contributed by atoms with Crippen molar-refractivity contribution in [2.45, 2.75) is 24.7 Å². The SMILES string of the molecule is CCC(=O)Cc1ccc(S(N)(=O)=O)cc1. The average Bonchev–Trinajstić information content (AvgIpc) is 2.17. The van der Waals surface area contributed by atoms with E-state index in [4.69, 9.17) is 5.14 Å². The van der Waals surface area contributed by atoms with Crippen LogP contribution in [0.15, 0.2) is 29.2 Å². The molecule has 0 amide bonds. The molecule has 1 aromatic carbocycles. The van der Waals surface area contributed by atoms with Crippen molar-refractivity contribution in [2.24, 2.45) is 5.14 Å². The molecular weight excluding hydrogens is 214 g/mol. The molecule has 0 fully saturated rings. The summed E-state index contributed by atoms with van der Waals surface area (Å²) in [5.74, 6) is 0.123. The molecular formula is C10H13NO3S. The summed E-state index contributed by atoms with van der Waals surface area (Å²) < 4.78 is 21.9. The van der Waals surface area contributed by atoms with Gasteiger partial charge in [-0.2, -0.15) is 0 Å². The van der Waals surface area contributed by atoms with Gasteiger partial charge in [0, 0.05) is 12.8 Å². The minimum atomic E-state index is -3.64. The summed E-state index contributed by atoms with van der Waals surface area (Å²) in [7, 11) is -3.64. The molecule has 0 saturated heterocycles. The van der Waals surface area contributed by atoms with E-state index in [-0.39, 0.29) is 10.7 Å². The second-order valence-electron chi connectivity index (χ2n) is 3.26. The maximum atomic E-state index is 11.1. The molecule has 0 aliphatic heterocycles. The molecule has 82 valence electrons. The topological polar surface area (TPSA) is 77.2 Å². The van der Waals surface area contributed by atoms with Crippen LogP contribution in [0, 0.1) is 0 Å². The van der Waals surface area contributed by atoms with Crippen LogP contribution in [-0.2, 0) is 21.2 Å². The largest absolute Gasteiger partial charge is 0.299 e. The lowest BCUT2D eigenvalue weighted by atomic mass is 10.1. The van der Waals surface area contributed by atoms with Crippen molar-refractivity contribution in [3.05, 3.63) is 29.8 Å². The highest BCUT2D eigenvalue weighted by Gasteiger charge is 2.07. The van der Waals surface area contributed by atoms with Gasteiger partial charge in [-0.15, -0.1) is 0 Å². The fourth-order valence-corrected chi connectivity index (χ4v) is 1.67. The van der Waals surface area contributed by atoms with E-state index < -0.39 is 10.0 Å². The van der Waals surface area contributed by atoms with Crippen molar-refractivity contribution in [2.75, 3.05) is 0 Å². The van der Waals surface area contributed by atoms with Crippen molar-refractivity contribution in [3.63, 3.8) is 0 Å². The summed E-state index contributed by atoms with van der Waals surface area (Å²) in [6, 6.07) is 6.03. The molecule has 1 aromatic rings. The van der Waals surface area contributed by atoms with Crippen LogP contribution in [0.2, 0.25) is 0 Å². The molecule has 0 aliphatic rings. The molecule has 0 bridgehead atoms. The fraction of sp³-hybridized carbons (Fsp3) is 0.300. The lowest BCUT2D eigenvalue weighted by Gasteiger charge is -2.01. The lowest BCUT2D eigenvalue weighted by Crippen LogP contribution is -2.12. The van der Waals surface area contributed by atoms with Crippen molar-refractivity contribution in [1.82, 2.24) is 0 Å². The third-order valence-electron chi connectivity index (χ3n) is 2.05. The van der Waals surface area contributed by atoms with Crippen molar-refractivity contribution in [1.29, 1.82) is 0 Å². The Kier molecular flexibility index (Phi) is 3.60. The van der Waals surface area contributed by atoms with Crippen LogP contribution in [0.5, 0.6) is 0 Å². The number of primary sulfonamides is 1. The van der Waals surface area contributed by atoms with Gasteiger partial charge in [-0.25, -0.2) is 13.6 Å². The Balaban J connectivity index is 2.86. The van der Waals surface area contributed by atoms with Gasteiger partial charge in [0.25, 0.3) is 0 Å². The van der Waals surface area contributed by atoms with Crippen LogP contribution in [0.1, 0.15) is 18.9 Å².